The highest BCUT2D eigenvalue weighted by atomic mass is 16.4. The summed E-state index contributed by atoms with van der Waals surface area (Å²) in [5.41, 5.74) is -1.17. The Kier molecular flexibility index (Phi) is 1.79. The molecular formula is C10H18O3. The average Bonchev–Trinajstić information content (AvgIpc) is 2.08. The SMILES string of the molecule is CC1(C)[C@@H]2C[C@@H](O)[C@](O)(CO)[C@H]1C2. The van der Waals surface area contributed by atoms with Gasteiger partial charge in [-0.25, -0.2) is 0 Å². The van der Waals surface area contributed by atoms with Gasteiger partial charge in [0, 0.05) is 0 Å². The first-order chi connectivity index (χ1) is 5.93. The van der Waals surface area contributed by atoms with E-state index in [1.165, 1.54) is 0 Å². The molecule has 4 atom stereocenters. The summed E-state index contributed by atoms with van der Waals surface area (Å²) in [6, 6.07) is 0. The van der Waals surface area contributed by atoms with Crippen molar-refractivity contribution in [3.63, 3.8) is 0 Å². The Hall–Kier alpha value is -0.120. The molecule has 2 bridgehead atoms. The maximum atomic E-state index is 10.1. The second kappa shape index (κ2) is 2.47. The fourth-order valence-corrected chi connectivity index (χ4v) is 3.19. The number of fused-ring (bicyclic) bond motifs is 2. The van der Waals surface area contributed by atoms with Crippen LogP contribution in [-0.2, 0) is 0 Å². The third kappa shape index (κ3) is 0.953. The lowest BCUT2D eigenvalue weighted by Crippen LogP contribution is -2.69. The van der Waals surface area contributed by atoms with Crippen LogP contribution in [0.2, 0.25) is 0 Å². The highest BCUT2D eigenvalue weighted by molar-refractivity contribution is 5.13. The van der Waals surface area contributed by atoms with E-state index >= 15 is 0 Å². The molecule has 0 unspecified atom stereocenters. The molecule has 3 aliphatic carbocycles. The van der Waals surface area contributed by atoms with E-state index in [-0.39, 0.29) is 17.9 Å². The lowest BCUT2D eigenvalue weighted by molar-refractivity contribution is -0.264. The Morgan fingerprint density at radius 1 is 1.31 bits per heavy atom. The normalized spacial score (nSPS) is 52.8. The summed E-state index contributed by atoms with van der Waals surface area (Å²) in [6.45, 7) is 3.89. The van der Waals surface area contributed by atoms with Crippen LogP contribution >= 0.6 is 0 Å². The zero-order valence-corrected chi connectivity index (χ0v) is 8.20. The Balaban J connectivity index is 2.27. The third-order valence-corrected chi connectivity index (χ3v) is 4.41. The predicted octanol–water partition coefficient (Wildman–Crippen LogP) is 0.137. The lowest BCUT2D eigenvalue weighted by Gasteiger charge is -2.64. The van der Waals surface area contributed by atoms with Crippen molar-refractivity contribution in [2.45, 2.75) is 38.4 Å². The van der Waals surface area contributed by atoms with Gasteiger partial charge in [0.15, 0.2) is 0 Å². The molecule has 0 aromatic heterocycles. The second-order valence-electron chi connectivity index (χ2n) is 5.21. The molecule has 3 N–H and O–H groups in total. The van der Waals surface area contributed by atoms with Crippen molar-refractivity contribution in [2.75, 3.05) is 6.61 Å². The largest absolute Gasteiger partial charge is 0.393 e. The first-order valence-corrected chi connectivity index (χ1v) is 4.94. The topological polar surface area (TPSA) is 60.7 Å². The van der Waals surface area contributed by atoms with Crippen LogP contribution in [0.1, 0.15) is 26.7 Å². The maximum Gasteiger partial charge on any atom is 0.117 e. The summed E-state index contributed by atoms with van der Waals surface area (Å²) in [6.07, 6.45) is 0.830. The van der Waals surface area contributed by atoms with E-state index in [9.17, 15) is 10.2 Å². The Bertz CT molecular complexity index is 226. The lowest BCUT2D eigenvalue weighted by atomic mass is 9.43. The summed E-state index contributed by atoms with van der Waals surface area (Å²) in [4.78, 5) is 0. The number of hydrogen-bond donors (Lipinski definition) is 3. The zero-order valence-electron chi connectivity index (χ0n) is 8.20. The quantitative estimate of drug-likeness (QED) is 0.546. The maximum absolute atomic E-state index is 10.1. The van der Waals surface area contributed by atoms with Gasteiger partial charge in [-0.3, -0.25) is 0 Å². The molecule has 0 aromatic rings. The fourth-order valence-electron chi connectivity index (χ4n) is 3.19. The molecule has 0 saturated heterocycles. The number of aliphatic hydroxyl groups is 3. The van der Waals surface area contributed by atoms with Gasteiger partial charge in [-0.15, -0.1) is 0 Å². The van der Waals surface area contributed by atoms with Crippen LogP contribution in [0.15, 0.2) is 0 Å². The molecule has 3 saturated carbocycles. The zero-order chi connectivity index (χ0) is 9.85. The average molecular weight is 186 g/mol. The molecule has 0 radical (unpaired) electrons. The molecule has 3 aliphatic rings. The van der Waals surface area contributed by atoms with Crippen LogP contribution in [-0.4, -0.2) is 33.6 Å². The molecule has 0 aliphatic heterocycles. The van der Waals surface area contributed by atoms with E-state index in [0.29, 0.717) is 12.3 Å². The van der Waals surface area contributed by atoms with Gasteiger partial charge < -0.3 is 15.3 Å². The smallest absolute Gasteiger partial charge is 0.117 e. The third-order valence-electron chi connectivity index (χ3n) is 4.41. The van der Waals surface area contributed by atoms with Gasteiger partial charge in [0.2, 0.25) is 0 Å². The van der Waals surface area contributed by atoms with E-state index in [1.54, 1.807) is 0 Å². The van der Waals surface area contributed by atoms with E-state index in [2.05, 4.69) is 13.8 Å². The monoisotopic (exact) mass is 186 g/mol. The molecule has 3 heteroatoms. The molecule has 3 nitrogen and oxygen atoms in total. The second-order valence-corrected chi connectivity index (χ2v) is 5.21. The highest BCUT2D eigenvalue weighted by Crippen LogP contribution is 2.62. The molecule has 3 rings (SSSR count). The standard InChI is InChI=1S/C10H18O3/c1-9(2)6-3-7(9)10(13,5-11)8(12)4-6/h6-8,11-13H,3-5H2,1-2H3/t6-,7-,8+,10-/m0/s1. The summed E-state index contributed by atoms with van der Waals surface area (Å²) in [5.74, 6) is 0.568. The first kappa shape index (κ1) is 9.44. The van der Waals surface area contributed by atoms with Crippen molar-refractivity contribution < 1.29 is 15.3 Å². The van der Waals surface area contributed by atoms with Gasteiger partial charge in [0.05, 0.1) is 12.7 Å². The van der Waals surface area contributed by atoms with Crippen molar-refractivity contribution in [2.24, 2.45) is 17.3 Å². The summed E-state index contributed by atoms with van der Waals surface area (Å²) >= 11 is 0. The number of rotatable bonds is 1. The molecule has 13 heavy (non-hydrogen) atoms. The Labute approximate surface area is 78.4 Å². The molecule has 0 heterocycles. The number of aliphatic hydroxyl groups excluding tert-OH is 2. The minimum Gasteiger partial charge on any atom is -0.393 e. The van der Waals surface area contributed by atoms with Crippen molar-refractivity contribution in [1.29, 1.82) is 0 Å². The van der Waals surface area contributed by atoms with E-state index < -0.39 is 11.7 Å². The van der Waals surface area contributed by atoms with Gasteiger partial charge in [-0.2, -0.15) is 0 Å². The van der Waals surface area contributed by atoms with Gasteiger partial charge in [0.25, 0.3) is 0 Å². The van der Waals surface area contributed by atoms with Crippen molar-refractivity contribution in [3.05, 3.63) is 0 Å². The molecule has 76 valence electrons. The van der Waals surface area contributed by atoms with Crippen LogP contribution < -0.4 is 0 Å². The van der Waals surface area contributed by atoms with Gasteiger partial charge in [-0.1, -0.05) is 13.8 Å². The van der Waals surface area contributed by atoms with Gasteiger partial charge in [0.1, 0.15) is 5.60 Å². The van der Waals surface area contributed by atoms with Gasteiger partial charge in [-0.05, 0) is 30.1 Å². The molecule has 0 aromatic carbocycles. The Morgan fingerprint density at radius 3 is 2.31 bits per heavy atom. The highest BCUT2D eigenvalue weighted by Gasteiger charge is 2.64. The van der Waals surface area contributed by atoms with Crippen LogP contribution in [0.3, 0.4) is 0 Å². The summed E-state index contributed by atoms with van der Waals surface area (Å²) in [7, 11) is 0. The molecular weight excluding hydrogens is 168 g/mol. The molecule has 0 spiro atoms. The fraction of sp³-hybridized carbons (Fsp3) is 1.00. The van der Waals surface area contributed by atoms with Crippen LogP contribution in [0.5, 0.6) is 0 Å². The van der Waals surface area contributed by atoms with E-state index in [4.69, 9.17) is 5.11 Å². The van der Waals surface area contributed by atoms with Crippen molar-refractivity contribution in [3.8, 4) is 0 Å². The van der Waals surface area contributed by atoms with E-state index in [1.807, 2.05) is 0 Å². The van der Waals surface area contributed by atoms with Crippen molar-refractivity contribution >= 4 is 0 Å². The minimum atomic E-state index is -1.25. The van der Waals surface area contributed by atoms with Gasteiger partial charge >= 0.3 is 0 Å². The van der Waals surface area contributed by atoms with Crippen LogP contribution in [0.4, 0.5) is 0 Å². The Morgan fingerprint density at radius 2 is 1.92 bits per heavy atom. The summed E-state index contributed by atoms with van der Waals surface area (Å²) < 4.78 is 0. The first-order valence-electron chi connectivity index (χ1n) is 4.94. The van der Waals surface area contributed by atoms with Crippen molar-refractivity contribution in [1.82, 2.24) is 0 Å². The summed E-state index contributed by atoms with van der Waals surface area (Å²) in [5, 5.41) is 28.9. The molecule has 0 amide bonds. The van der Waals surface area contributed by atoms with Crippen LogP contribution in [0, 0.1) is 17.3 Å². The van der Waals surface area contributed by atoms with Crippen LogP contribution in [0.25, 0.3) is 0 Å². The number of hydrogen-bond acceptors (Lipinski definition) is 3. The van der Waals surface area contributed by atoms with E-state index in [0.717, 1.165) is 6.42 Å². The molecule has 3 fully saturated rings. The minimum absolute atomic E-state index is 0.0544. The predicted molar refractivity (Wildman–Crippen MR) is 48.0 cm³/mol.